The Balaban J connectivity index is 2.21. The summed E-state index contributed by atoms with van der Waals surface area (Å²) in [4.78, 5) is 22.2. The van der Waals surface area contributed by atoms with Crippen LogP contribution in [0.3, 0.4) is 0 Å². The normalized spacial score (nSPS) is 10.3. The van der Waals surface area contributed by atoms with Gasteiger partial charge >= 0.3 is 5.97 Å². The van der Waals surface area contributed by atoms with Gasteiger partial charge in [-0.2, -0.15) is 0 Å². The van der Waals surface area contributed by atoms with E-state index in [1.807, 2.05) is 5.32 Å². The lowest BCUT2D eigenvalue weighted by atomic mass is 10.2. The number of rotatable bonds is 3. The molecule has 20 heavy (non-hydrogen) atoms. The number of hydrogen-bond donors (Lipinski definition) is 2. The van der Waals surface area contributed by atoms with Crippen LogP contribution in [0, 0.1) is 17.5 Å². The molecule has 0 fully saturated rings. The molecule has 0 saturated heterocycles. The number of carbonyl (C=O) groups is 2. The zero-order chi connectivity index (χ0) is 14.9. The van der Waals surface area contributed by atoms with E-state index in [0.717, 1.165) is 12.3 Å². The molecule has 0 atom stereocenters. The third-order valence-electron chi connectivity index (χ3n) is 2.31. The SMILES string of the molecule is O=C(O)c1coc(C(=O)Nc2cc(F)c(F)c(F)c2)c1. The van der Waals surface area contributed by atoms with Crippen LogP contribution in [0.25, 0.3) is 0 Å². The fraction of sp³-hybridized carbons (Fsp3) is 0. The smallest absolute Gasteiger partial charge is 0.338 e. The number of carbonyl (C=O) groups excluding carboxylic acids is 1. The van der Waals surface area contributed by atoms with E-state index < -0.39 is 29.3 Å². The molecule has 2 N–H and O–H groups in total. The first-order valence-corrected chi connectivity index (χ1v) is 5.16. The molecule has 0 saturated carbocycles. The molecule has 2 rings (SSSR count). The lowest BCUT2D eigenvalue weighted by Gasteiger charge is -2.04. The number of nitrogens with one attached hydrogen (secondary N) is 1. The second-order valence-electron chi connectivity index (χ2n) is 3.71. The molecule has 0 spiro atoms. The first kappa shape index (κ1) is 13.7. The van der Waals surface area contributed by atoms with Gasteiger partial charge < -0.3 is 14.8 Å². The van der Waals surface area contributed by atoms with Gasteiger partial charge in [0.2, 0.25) is 0 Å². The zero-order valence-corrected chi connectivity index (χ0v) is 9.62. The van der Waals surface area contributed by atoms with Crippen molar-refractivity contribution in [3.63, 3.8) is 0 Å². The first-order valence-electron chi connectivity index (χ1n) is 5.16. The average Bonchev–Trinajstić information content (AvgIpc) is 2.85. The minimum absolute atomic E-state index is 0.258. The Labute approximate surface area is 109 Å². The topological polar surface area (TPSA) is 79.5 Å². The third kappa shape index (κ3) is 2.63. The summed E-state index contributed by atoms with van der Waals surface area (Å²) in [5, 5.41) is 10.7. The summed E-state index contributed by atoms with van der Waals surface area (Å²) in [5.41, 5.74) is -0.591. The maximum atomic E-state index is 12.9. The highest BCUT2D eigenvalue weighted by Crippen LogP contribution is 2.18. The number of hydrogen-bond acceptors (Lipinski definition) is 3. The molecule has 0 unspecified atom stereocenters. The second-order valence-corrected chi connectivity index (χ2v) is 3.71. The molecular formula is C12H6F3NO4. The van der Waals surface area contributed by atoms with Gasteiger partial charge in [-0.1, -0.05) is 0 Å². The predicted molar refractivity (Wildman–Crippen MR) is 59.9 cm³/mol. The van der Waals surface area contributed by atoms with Crippen molar-refractivity contribution >= 4 is 17.6 Å². The van der Waals surface area contributed by atoms with E-state index in [9.17, 15) is 22.8 Å². The summed E-state index contributed by atoms with van der Waals surface area (Å²) >= 11 is 0. The molecule has 0 radical (unpaired) electrons. The Hall–Kier alpha value is -2.77. The summed E-state index contributed by atoms with van der Waals surface area (Å²) in [6, 6.07) is 2.10. The first-order chi connectivity index (χ1) is 9.38. The standard InChI is InChI=1S/C12H6F3NO4/c13-7-2-6(3-8(14)10(7)15)16-11(17)9-1-5(4-20-9)12(18)19/h1-4H,(H,16,17)(H,18,19). The van der Waals surface area contributed by atoms with Gasteiger partial charge in [0.25, 0.3) is 5.91 Å². The van der Waals surface area contributed by atoms with E-state index in [4.69, 9.17) is 5.11 Å². The van der Waals surface area contributed by atoms with Crippen LogP contribution in [0.15, 0.2) is 28.9 Å². The molecule has 1 heterocycles. The molecule has 5 nitrogen and oxygen atoms in total. The van der Waals surface area contributed by atoms with Gasteiger partial charge in [-0.05, 0) is 0 Å². The van der Waals surface area contributed by atoms with Gasteiger partial charge in [-0.15, -0.1) is 0 Å². The molecule has 1 aromatic carbocycles. The van der Waals surface area contributed by atoms with Crippen molar-refractivity contribution in [1.29, 1.82) is 0 Å². The number of benzene rings is 1. The number of carboxylic acids is 1. The van der Waals surface area contributed by atoms with Crippen LogP contribution in [-0.2, 0) is 0 Å². The Bertz CT molecular complexity index is 673. The number of aromatic carboxylic acids is 1. The zero-order valence-electron chi connectivity index (χ0n) is 9.62. The van der Waals surface area contributed by atoms with Gasteiger partial charge in [0.15, 0.2) is 23.2 Å². The molecule has 2 aromatic rings. The summed E-state index contributed by atoms with van der Waals surface area (Å²) in [7, 11) is 0. The Kier molecular flexibility index (Phi) is 3.47. The monoisotopic (exact) mass is 285 g/mol. The summed E-state index contributed by atoms with van der Waals surface area (Å²) in [6.45, 7) is 0. The second kappa shape index (κ2) is 5.08. The highest BCUT2D eigenvalue weighted by molar-refractivity contribution is 6.03. The van der Waals surface area contributed by atoms with Crippen LogP contribution in [0.4, 0.5) is 18.9 Å². The quantitative estimate of drug-likeness (QED) is 0.850. The number of carboxylic acid groups (broad SMARTS) is 1. The summed E-state index contributed by atoms with van der Waals surface area (Å²) in [6.07, 6.45) is 0.836. The van der Waals surface area contributed by atoms with Crippen LogP contribution >= 0.6 is 0 Å². The third-order valence-corrected chi connectivity index (χ3v) is 2.31. The van der Waals surface area contributed by atoms with Crippen LogP contribution in [-0.4, -0.2) is 17.0 Å². The lowest BCUT2D eigenvalue weighted by molar-refractivity contribution is 0.0696. The maximum Gasteiger partial charge on any atom is 0.338 e. The Morgan fingerprint density at radius 1 is 1.10 bits per heavy atom. The van der Waals surface area contributed by atoms with Crippen LogP contribution in [0.1, 0.15) is 20.9 Å². The molecule has 0 bridgehead atoms. The van der Waals surface area contributed by atoms with Gasteiger partial charge in [-0.3, -0.25) is 4.79 Å². The maximum absolute atomic E-state index is 12.9. The minimum atomic E-state index is -1.66. The molecular weight excluding hydrogens is 279 g/mol. The fourth-order valence-corrected chi connectivity index (χ4v) is 1.39. The average molecular weight is 285 g/mol. The Morgan fingerprint density at radius 3 is 2.20 bits per heavy atom. The molecule has 0 aliphatic rings. The van der Waals surface area contributed by atoms with E-state index in [0.29, 0.717) is 12.1 Å². The van der Waals surface area contributed by atoms with Crippen molar-refractivity contribution in [2.45, 2.75) is 0 Å². The van der Waals surface area contributed by atoms with Crippen LogP contribution in [0.2, 0.25) is 0 Å². The van der Waals surface area contributed by atoms with Crippen molar-refractivity contribution < 1.29 is 32.3 Å². The van der Waals surface area contributed by atoms with Gasteiger partial charge in [0.05, 0.1) is 5.56 Å². The number of halogens is 3. The largest absolute Gasteiger partial charge is 0.478 e. The molecule has 104 valence electrons. The van der Waals surface area contributed by atoms with E-state index >= 15 is 0 Å². The van der Waals surface area contributed by atoms with Gasteiger partial charge in [-0.25, -0.2) is 18.0 Å². The van der Waals surface area contributed by atoms with Gasteiger partial charge in [0.1, 0.15) is 6.26 Å². The van der Waals surface area contributed by atoms with Gasteiger partial charge in [0, 0.05) is 23.9 Å². The van der Waals surface area contributed by atoms with E-state index in [1.54, 1.807) is 0 Å². The summed E-state index contributed by atoms with van der Waals surface area (Å²) in [5.74, 6) is -7.19. The van der Waals surface area contributed by atoms with E-state index in [-0.39, 0.29) is 17.0 Å². The van der Waals surface area contributed by atoms with Crippen LogP contribution in [0.5, 0.6) is 0 Å². The van der Waals surface area contributed by atoms with E-state index in [1.165, 1.54) is 0 Å². The molecule has 1 amide bonds. The van der Waals surface area contributed by atoms with Crippen molar-refractivity contribution in [2.24, 2.45) is 0 Å². The number of amides is 1. The molecule has 0 aliphatic heterocycles. The Morgan fingerprint density at radius 2 is 1.70 bits per heavy atom. The fourth-order valence-electron chi connectivity index (χ4n) is 1.39. The summed E-state index contributed by atoms with van der Waals surface area (Å²) < 4.78 is 43.3. The number of anilines is 1. The number of furan rings is 1. The van der Waals surface area contributed by atoms with Crippen molar-refractivity contribution in [1.82, 2.24) is 0 Å². The van der Waals surface area contributed by atoms with Crippen LogP contribution < -0.4 is 5.32 Å². The molecule has 1 aromatic heterocycles. The van der Waals surface area contributed by atoms with Crippen molar-refractivity contribution in [2.75, 3.05) is 5.32 Å². The van der Waals surface area contributed by atoms with E-state index in [2.05, 4.69) is 4.42 Å². The molecule has 8 heteroatoms. The lowest BCUT2D eigenvalue weighted by Crippen LogP contribution is -2.12. The van der Waals surface area contributed by atoms with Crippen molar-refractivity contribution in [3.8, 4) is 0 Å². The highest BCUT2D eigenvalue weighted by atomic mass is 19.2. The predicted octanol–water partition coefficient (Wildman–Crippen LogP) is 2.65. The van der Waals surface area contributed by atoms with Crippen molar-refractivity contribution in [3.05, 3.63) is 53.2 Å². The minimum Gasteiger partial charge on any atom is -0.478 e. The molecule has 0 aliphatic carbocycles. The highest BCUT2D eigenvalue weighted by Gasteiger charge is 2.17.